The van der Waals surface area contributed by atoms with Gasteiger partial charge in [0.15, 0.2) is 0 Å². The topological polar surface area (TPSA) is 17.1 Å². The summed E-state index contributed by atoms with van der Waals surface area (Å²) in [5.41, 5.74) is 0.691. The highest BCUT2D eigenvalue weighted by molar-refractivity contribution is 9.08. The van der Waals surface area contributed by atoms with E-state index in [1.807, 2.05) is 12.1 Å². The minimum absolute atomic E-state index is 0.691. The highest BCUT2D eigenvalue weighted by Crippen LogP contribution is 2.36. The first kappa shape index (κ1) is 10.1. The average Bonchev–Trinajstić information content (AvgIpc) is 2.55. The van der Waals surface area contributed by atoms with Gasteiger partial charge in [0.05, 0.1) is 5.02 Å². The standard InChI is InChI=1S/C10H6BrClOS/c11-4-9-10(12)7-2-1-6(5-13)3-8(7)14-9/h1-3,5H,4H2. The van der Waals surface area contributed by atoms with E-state index in [0.717, 1.165) is 31.6 Å². The maximum Gasteiger partial charge on any atom is 0.150 e. The van der Waals surface area contributed by atoms with Crippen LogP contribution in [-0.4, -0.2) is 6.29 Å². The maximum absolute atomic E-state index is 10.6. The Bertz CT molecular complexity index is 492. The maximum atomic E-state index is 10.6. The first-order valence-corrected chi connectivity index (χ1v) is 6.30. The van der Waals surface area contributed by atoms with Gasteiger partial charge < -0.3 is 0 Å². The number of rotatable bonds is 2. The van der Waals surface area contributed by atoms with Crippen LogP contribution < -0.4 is 0 Å². The van der Waals surface area contributed by atoms with Gasteiger partial charge >= 0.3 is 0 Å². The van der Waals surface area contributed by atoms with Gasteiger partial charge in [-0.2, -0.15) is 0 Å². The lowest BCUT2D eigenvalue weighted by Gasteiger charge is -1.91. The molecule has 1 heterocycles. The van der Waals surface area contributed by atoms with E-state index >= 15 is 0 Å². The molecule has 0 unspecified atom stereocenters. The van der Waals surface area contributed by atoms with Crippen molar-refractivity contribution in [2.75, 3.05) is 0 Å². The van der Waals surface area contributed by atoms with Crippen molar-refractivity contribution in [1.29, 1.82) is 0 Å². The molecule has 0 radical (unpaired) electrons. The molecule has 0 bridgehead atoms. The monoisotopic (exact) mass is 288 g/mol. The Morgan fingerprint density at radius 2 is 2.29 bits per heavy atom. The number of aldehydes is 1. The summed E-state index contributed by atoms with van der Waals surface area (Å²) in [5, 5.41) is 2.57. The summed E-state index contributed by atoms with van der Waals surface area (Å²) in [7, 11) is 0. The molecular formula is C10H6BrClOS. The fourth-order valence-electron chi connectivity index (χ4n) is 1.29. The van der Waals surface area contributed by atoms with Crippen LogP contribution in [0.5, 0.6) is 0 Å². The molecule has 0 aliphatic rings. The molecular weight excluding hydrogens is 284 g/mol. The quantitative estimate of drug-likeness (QED) is 0.596. The van der Waals surface area contributed by atoms with Gasteiger partial charge in [0.2, 0.25) is 0 Å². The van der Waals surface area contributed by atoms with Crippen LogP contribution in [-0.2, 0) is 5.33 Å². The zero-order valence-electron chi connectivity index (χ0n) is 7.09. The van der Waals surface area contributed by atoms with Crippen molar-refractivity contribution in [3.8, 4) is 0 Å². The number of alkyl halides is 1. The van der Waals surface area contributed by atoms with E-state index in [2.05, 4.69) is 15.9 Å². The SMILES string of the molecule is O=Cc1ccc2c(Cl)c(CBr)sc2c1. The molecule has 0 atom stereocenters. The van der Waals surface area contributed by atoms with Crippen molar-refractivity contribution in [1.82, 2.24) is 0 Å². The fourth-order valence-corrected chi connectivity index (χ4v) is 3.47. The molecule has 0 amide bonds. The van der Waals surface area contributed by atoms with Crippen LogP contribution in [0.4, 0.5) is 0 Å². The van der Waals surface area contributed by atoms with Crippen molar-refractivity contribution in [2.45, 2.75) is 5.33 Å². The number of fused-ring (bicyclic) bond motifs is 1. The van der Waals surface area contributed by atoms with E-state index in [1.54, 1.807) is 17.4 Å². The summed E-state index contributed by atoms with van der Waals surface area (Å²) >= 11 is 11.1. The number of carbonyl (C=O) groups is 1. The smallest absolute Gasteiger partial charge is 0.150 e. The first-order valence-electron chi connectivity index (χ1n) is 3.98. The van der Waals surface area contributed by atoms with E-state index < -0.39 is 0 Å². The average molecular weight is 290 g/mol. The first-order chi connectivity index (χ1) is 6.76. The normalized spacial score (nSPS) is 10.7. The minimum atomic E-state index is 0.691. The molecule has 1 nitrogen and oxygen atoms in total. The molecule has 1 aromatic carbocycles. The van der Waals surface area contributed by atoms with Gasteiger partial charge in [-0.25, -0.2) is 0 Å². The second-order valence-corrected chi connectivity index (χ2v) is 4.92. The predicted octanol–water partition coefficient (Wildman–Crippen LogP) is 4.26. The summed E-state index contributed by atoms with van der Waals surface area (Å²) in [6, 6.07) is 5.54. The molecule has 2 aromatic rings. The Balaban J connectivity index is 2.72. The summed E-state index contributed by atoms with van der Waals surface area (Å²) in [4.78, 5) is 11.7. The number of carbonyl (C=O) groups excluding carboxylic acids is 1. The lowest BCUT2D eigenvalue weighted by atomic mass is 10.2. The van der Waals surface area contributed by atoms with Gasteiger partial charge in [-0.05, 0) is 6.07 Å². The number of halogens is 2. The predicted molar refractivity (Wildman–Crippen MR) is 64.9 cm³/mol. The highest BCUT2D eigenvalue weighted by Gasteiger charge is 2.09. The Morgan fingerprint density at radius 1 is 1.50 bits per heavy atom. The van der Waals surface area contributed by atoms with Gasteiger partial charge in [0, 0.05) is 25.9 Å². The van der Waals surface area contributed by atoms with Gasteiger partial charge in [0.1, 0.15) is 6.29 Å². The molecule has 4 heteroatoms. The highest BCUT2D eigenvalue weighted by atomic mass is 79.9. The van der Waals surface area contributed by atoms with Gasteiger partial charge in [-0.15, -0.1) is 11.3 Å². The van der Waals surface area contributed by atoms with Crippen LogP contribution in [0.25, 0.3) is 10.1 Å². The molecule has 0 aliphatic heterocycles. The molecule has 0 saturated carbocycles. The molecule has 2 rings (SSSR count). The van der Waals surface area contributed by atoms with Crippen molar-refractivity contribution in [2.24, 2.45) is 0 Å². The van der Waals surface area contributed by atoms with Gasteiger partial charge in [0.25, 0.3) is 0 Å². The molecule has 0 aliphatic carbocycles. The Labute approximate surface area is 98.8 Å². The Kier molecular flexibility index (Phi) is 2.91. The molecule has 0 N–H and O–H groups in total. The molecule has 72 valence electrons. The van der Waals surface area contributed by atoms with Crippen LogP contribution in [0, 0.1) is 0 Å². The van der Waals surface area contributed by atoms with Gasteiger partial charge in [-0.1, -0.05) is 39.7 Å². The number of thiophene rings is 1. The van der Waals surface area contributed by atoms with Gasteiger partial charge in [-0.3, -0.25) is 4.79 Å². The zero-order chi connectivity index (χ0) is 10.1. The zero-order valence-corrected chi connectivity index (χ0v) is 10.2. The number of hydrogen-bond acceptors (Lipinski definition) is 2. The molecule has 0 spiro atoms. The third-order valence-corrected chi connectivity index (χ3v) is 4.61. The Hall–Kier alpha value is -0.380. The van der Waals surface area contributed by atoms with Crippen molar-refractivity contribution in [3.05, 3.63) is 33.7 Å². The Morgan fingerprint density at radius 3 is 2.93 bits per heavy atom. The van der Waals surface area contributed by atoms with E-state index in [-0.39, 0.29) is 0 Å². The van der Waals surface area contributed by atoms with Crippen molar-refractivity contribution >= 4 is 55.2 Å². The molecule has 14 heavy (non-hydrogen) atoms. The van der Waals surface area contributed by atoms with Crippen LogP contribution >= 0.6 is 38.9 Å². The molecule has 0 fully saturated rings. The van der Waals surface area contributed by atoms with E-state index in [4.69, 9.17) is 11.6 Å². The van der Waals surface area contributed by atoms with Crippen LogP contribution in [0.2, 0.25) is 5.02 Å². The third-order valence-electron chi connectivity index (χ3n) is 1.98. The van der Waals surface area contributed by atoms with Crippen molar-refractivity contribution in [3.63, 3.8) is 0 Å². The molecule has 1 aromatic heterocycles. The third kappa shape index (κ3) is 1.60. The summed E-state index contributed by atoms with van der Waals surface area (Å²) < 4.78 is 1.06. The van der Waals surface area contributed by atoms with Crippen LogP contribution in [0.15, 0.2) is 18.2 Å². The van der Waals surface area contributed by atoms with Crippen LogP contribution in [0.1, 0.15) is 15.2 Å². The van der Waals surface area contributed by atoms with Crippen molar-refractivity contribution < 1.29 is 4.79 Å². The number of benzene rings is 1. The fraction of sp³-hybridized carbons (Fsp3) is 0.100. The number of hydrogen-bond donors (Lipinski definition) is 0. The summed E-state index contributed by atoms with van der Waals surface area (Å²) in [5.74, 6) is 0. The summed E-state index contributed by atoms with van der Waals surface area (Å²) in [6.45, 7) is 0. The lowest BCUT2D eigenvalue weighted by molar-refractivity contribution is 0.112. The van der Waals surface area contributed by atoms with E-state index in [1.165, 1.54) is 0 Å². The van der Waals surface area contributed by atoms with E-state index in [0.29, 0.717) is 5.56 Å². The largest absolute Gasteiger partial charge is 0.298 e. The van der Waals surface area contributed by atoms with Crippen LogP contribution in [0.3, 0.4) is 0 Å². The minimum Gasteiger partial charge on any atom is -0.298 e. The van der Waals surface area contributed by atoms with E-state index in [9.17, 15) is 4.79 Å². The lowest BCUT2D eigenvalue weighted by Crippen LogP contribution is -1.76. The second-order valence-electron chi connectivity index (χ2n) is 2.85. The molecule has 0 saturated heterocycles. The second kappa shape index (κ2) is 4.01. The summed E-state index contributed by atoms with van der Waals surface area (Å²) in [6.07, 6.45) is 0.848.